The van der Waals surface area contributed by atoms with E-state index in [0.29, 0.717) is 0 Å². The molecule has 0 bridgehead atoms. The Morgan fingerprint density at radius 1 is 0.351 bits per heavy atom. The van der Waals surface area contributed by atoms with Crippen LogP contribution in [-0.2, 0) is 45.9 Å². The van der Waals surface area contributed by atoms with Gasteiger partial charge in [0.05, 0.1) is 9.79 Å². The smallest absolute Gasteiger partial charge is 0.744 e. The Balaban J connectivity index is 0.000000387. The molecule has 0 N–H and O–H groups in total. The third kappa shape index (κ3) is 19.4. The van der Waals surface area contributed by atoms with E-state index in [1.807, 2.05) is 0 Å². The molecule has 0 aliphatic heterocycles. The van der Waals surface area contributed by atoms with Crippen LogP contribution in [-0.4, -0.2) is 74.8 Å². The minimum atomic E-state index is -4.42. The van der Waals surface area contributed by atoms with Gasteiger partial charge in [-0.25, -0.2) is 16.8 Å². The third-order valence-electron chi connectivity index (χ3n) is 11.0. The maximum atomic E-state index is 11.4. The molecule has 0 aliphatic carbocycles. The molecule has 0 amide bonds. The van der Waals surface area contributed by atoms with Crippen LogP contribution in [0.3, 0.4) is 0 Å². The Morgan fingerprint density at radius 2 is 0.596 bits per heavy atom. The van der Waals surface area contributed by atoms with Crippen LogP contribution in [0.4, 0.5) is 0 Å². The summed E-state index contributed by atoms with van der Waals surface area (Å²) in [6.45, 7) is 8.91. The summed E-state index contributed by atoms with van der Waals surface area (Å²) in [6.07, 6.45) is 29.2. The SMILES string of the molecule is CCCCCCCc1cc2ccc(S(=O)(=O)[O-])cc2cc1CCCCCCC.CCCCCCCc1cc2ccc(S(=O)(=O)[O-])cc2cc1CCCCCCC.[Ba+2]. The monoisotopic (exact) mass is 944 g/mol. The van der Waals surface area contributed by atoms with Crippen LogP contribution < -0.4 is 0 Å². The molecule has 0 saturated heterocycles. The van der Waals surface area contributed by atoms with Crippen LogP contribution in [0.15, 0.2) is 70.5 Å². The van der Waals surface area contributed by atoms with Crippen molar-refractivity contribution < 1.29 is 25.9 Å². The summed E-state index contributed by atoms with van der Waals surface area (Å²) >= 11 is 0. The molecule has 0 heterocycles. The number of aryl methyl sites for hydroxylation is 4. The first-order valence-corrected chi connectivity index (χ1v) is 24.8. The van der Waals surface area contributed by atoms with E-state index in [1.165, 1.54) is 162 Å². The molecule has 57 heavy (non-hydrogen) atoms. The molecule has 0 aliphatic rings. The maximum Gasteiger partial charge on any atom is 2.00 e. The summed E-state index contributed by atoms with van der Waals surface area (Å²) in [5.41, 5.74) is 5.41. The van der Waals surface area contributed by atoms with E-state index < -0.39 is 20.2 Å². The summed E-state index contributed by atoms with van der Waals surface area (Å²) < 4.78 is 68.2. The van der Waals surface area contributed by atoms with E-state index in [9.17, 15) is 25.9 Å². The second-order valence-corrected chi connectivity index (χ2v) is 18.6. The molecular weight excluding hydrogens is 874 g/mol. The first-order chi connectivity index (χ1) is 26.9. The van der Waals surface area contributed by atoms with Crippen molar-refractivity contribution in [3.05, 3.63) is 82.9 Å². The molecule has 4 rings (SSSR count). The van der Waals surface area contributed by atoms with Gasteiger partial charge < -0.3 is 9.11 Å². The molecule has 0 spiro atoms. The number of unbranched alkanes of at least 4 members (excludes halogenated alkanes) is 16. The van der Waals surface area contributed by atoms with Crippen molar-refractivity contribution >= 4 is 90.7 Å². The van der Waals surface area contributed by atoms with Gasteiger partial charge in [0.25, 0.3) is 0 Å². The van der Waals surface area contributed by atoms with Crippen LogP contribution >= 0.6 is 0 Å². The molecule has 4 aromatic carbocycles. The Kier molecular flexibility index (Phi) is 25.8. The predicted octanol–water partition coefficient (Wildman–Crippen LogP) is 13.2. The van der Waals surface area contributed by atoms with Crippen LogP contribution in [0.1, 0.15) is 178 Å². The fourth-order valence-electron chi connectivity index (χ4n) is 7.66. The Bertz CT molecular complexity index is 1830. The van der Waals surface area contributed by atoms with Crippen molar-refractivity contribution in [2.45, 2.75) is 192 Å². The van der Waals surface area contributed by atoms with Crippen LogP contribution in [0.2, 0.25) is 0 Å². The second kappa shape index (κ2) is 28.3. The predicted molar refractivity (Wildman–Crippen MR) is 239 cm³/mol. The zero-order valence-electron chi connectivity index (χ0n) is 35.7. The normalized spacial score (nSPS) is 11.8. The average Bonchev–Trinajstić information content (AvgIpc) is 3.16. The Hall–Kier alpha value is -1.21. The molecule has 9 heteroatoms. The largest absolute Gasteiger partial charge is 2.00 e. The van der Waals surface area contributed by atoms with E-state index in [0.717, 1.165) is 60.1 Å². The summed E-state index contributed by atoms with van der Waals surface area (Å²) in [5, 5.41) is 3.75. The zero-order valence-corrected chi connectivity index (χ0v) is 41.8. The van der Waals surface area contributed by atoms with Gasteiger partial charge in [-0.1, -0.05) is 167 Å². The molecule has 312 valence electrons. The number of hydrogen-bond donors (Lipinski definition) is 0. The molecule has 0 saturated carbocycles. The van der Waals surface area contributed by atoms with Crippen molar-refractivity contribution in [2.24, 2.45) is 0 Å². The quantitative estimate of drug-likeness (QED) is 0.0352. The first-order valence-electron chi connectivity index (χ1n) is 21.9. The van der Waals surface area contributed by atoms with Crippen molar-refractivity contribution in [3.8, 4) is 0 Å². The van der Waals surface area contributed by atoms with Crippen LogP contribution in [0, 0.1) is 0 Å². The van der Waals surface area contributed by atoms with Gasteiger partial charge in [-0.05, 0) is 119 Å². The maximum absolute atomic E-state index is 11.4. The fourth-order valence-corrected chi connectivity index (χ4v) is 8.67. The summed E-state index contributed by atoms with van der Waals surface area (Å²) in [6, 6.07) is 18.1. The minimum absolute atomic E-state index is 0. The molecule has 0 radical (unpaired) electrons. The van der Waals surface area contributed by atoms with E-state index in [-0.39, 0.29) is 58.7 Å². The second-order valence-electron chi connectivity index (χ2n) is 15.8. The number of benzene rings is 4. The van der Waals surface area contributed by atoms with Gasteiger partial charge >= 0.3 is 48.9 Å². The van der Waals surface area contributed by atoms with E-state index in [2.05, 4.69) is 52.0 Å². The zero-order chi connectivity index (χ0) is 40.8. The van der Waals surface area contributed by atoms with Gasteiger partial charge in [0.1, 0.15) is 20.2 Å². The third-order valence-corrected chi connectivity index (χ3v) is 12.7. The van der Waals surface area contributed by atoms with Crippen molar-refractivity contribution in [1.82, 2.24) is 0 Å². The van der Waals surface area contributed by atoms with Gasteiger partial charge in [0, 0.05) is 0 Å². The Labute approximate surface area is 387 Å². The topological polar surface area (TPSA) is 114 Å². The van der Waals surface area contributed by atoms with Gasteiger partial charge in [-0.15, -0.1) is 0 Å². The fraction of sp³-hybridized carbons (Fsp3) is 0.583. The van der Waals surface area contributed by atoms with Crippen LogP contribution in [0.25, 0.3) is 21.5 Å². The van der Waals surface area contributed by atoms with Crippen molar-refractivity contribution in [3.63, 3.8) is 0 Å². The summed E-state index contributed by atoms with van der Waals surface area (Å²) in [5.74, 6) is 0. The molecular formula is C48H70BaO6S2. The van der Waals surface area contributed by atoms with Crippen LogP contribution in [0.5, 0.6) is 0 Å². The molecule has 0 aromatic heterocycles. The van der Waals surface area contributed by atoms with Gasteiger partial charge in [0.15, 0.2) is 0 Å². The van der Waals surface area contributed by atoms with E-state index in [4.69, 9.17) is 0 Å². The average molecular weight is 945 g/mol. The Morgan fingerprint density at radius 3 is 0.842 bits per heavy atom. The first kappa shape index (κ1) is 51.9. The standard InChI is InChI=1S/2C24H36O3S.Ba/c2*1-3-5-7-9-11-13-20-17-22-15-16-24(28(25,26)27)19-23(22)18-21(20)14-12-10-8-6-4-2;/h2*15-19H,3-14H2,1-2H3,(H,25,26,27);/q;;+2/p-2. The van der Waals surface area contributed by atoms with Gasteiger partial charge in [0.2, 0.25) is 0 Å². The van der Waals surface area contributed by atoms with Crippen molar-refractivity contribution in [2.75, 3.05) is 0 Å². The molecule has 4 aromatic rings. The van der Waals surface area contributed by atoms with Crippen molar-refractivity contribution in [1.29, 1.82) is 0 Å². The molecule has 0 fully saturated rings. The van der Waals surface area contributed by atoms with E-state index >= 15 is 0 Å². The molecule has 0 unspecified atom stereocenters. The van der Waals surface area contributed by atoms with Gasteiger partial charge in [-0.3, -0.25) is 0 Å². The number of hydrogen-bond acceptors (Lipinski definition) is 6. The number of fused-ring (bicyclic) bond motifs is 2. The number of rotatable bonds is 26. The molecule has 6 nitrogen and oxygen atoms in total. The summed E-state index contributed by atoms with van der Waals surface area (Å²) in [4.78, 5) is -0.276. The minimum Gasteiger partial charge on any atom is -0.744 e. The molecule has 0 atom stereocenters. The van der Waals surface area contributed by atoms with Gasteiger partial charge in [-0.2, -0.15) is 0 Å². The van der Waals surface area contributed by atoms with E-state index in [1.54, 1.807) is 12.1 Å². The summed E-state index contributed by atoms with van der Waals surface area (Å²) in [7, 11) is -8.84.